The Morgan fingerprint density at radius 2 is 1.89 bits per heavy atom. The number of benzene rings is 1. The van der Waals surface area contributed by atoms with Gasteiger partial charge < -0.3 is 19.9 Å². The van der Waals surface area contributed by atoms with Gasteiger partial charge in [0.15, 0.2) is 17.3 Å². The molecule has 0 unspecified atom stereocenters. The van der Waals surface area contributed by atoms with Crippen molar-refractivity contribution in [2.45, 2.75) is 58.0 Å². The number of rotatable bonds is 6. The predicted molar refractivity (Wildman–Crippen MR) is 136 cm³/mol. The molecule has 1 aromatic carbocycles. The fraction of sp³-hybridized carbons (Fsp3) is 0.423. The molecule has 10 heteroatoms. The van der Waals surface area contributed by atoms with Crippen LogP contribution in [0.4, 0.5) is 5.82 Å². The molecule has 36 heavy (non-hydrogen) atoms. The number of carbonyl (C=O) groups excluding carboxylic acids is 1. The summed E-state index contributed by atoms with van der Waals surface area (Å²) in [4.78, 5) is 21.3. The van der Waals surface area contributed by atoms with Gasteiger partial charge in [-0.2, -0.15) is 10.1 Å². The maximum absolute atomic E-state index is 12.6. The second-order valence-corrected chi connectivity index (χ2v) is 10.2. The van der Waals surface area contributed by atoms with E-state index in [0.29, 0.717) is 11.9 Å². The summed E-state index contributed by atoms with van der Waals surface area (Å²) in [7, 11) is 0. The molecule has 0 saturated carbocycles. The summed E-state index contributed by atoms with van der Waals surface area (Å²) in [6, 6.07) is 10.2. The third kappa shape index (κ3) is 4.94. The number of anilines is 1. The second-order valence-electron chi connectivity index (χ2n) is 10.2. The van der Waals surface area contributed by atoms with E-state index in [1.54, 1.807) is 6.20 Å². The van der Waals surface area contributed by atoms with Crippen LogP contribution in [0.1, 0.15) is 68.7 Å². The van der Waals surface area contributed by atoms with Crippen molar-refractivity contribution in [2.24, 2.45) is 0 Å². The molecule has 4 heterocycles. The number of nitrogens with zero attached hydrogens (tertiary/aromatic N) is 4. The van der Waals surface area contributed by atoms with Gasteiger partial charge in [-0.3, -0.25) is 9.89 Å². The molecule has 0 radical (unpaired) electrons. The molecule has 1 aliphatic heterocycles. The molecular weight excluding hydrogens is 458 g/mol. The number of aromatic nitrogens is 5. The summed E-state index contributed by atoms with van der Waals surface area (Å²) < 4.78 is 10.6. The fourth-order valence-electron chi connectivity index (χ4n) is 4.24. The number of hydrogen-bond acceptors (Lipinski definition) is 8. The molecule has 0 spiro atoms. The number of H-pyrrole nitrogens is 1. The SMILES string of the molecule is C[C@@H](NC(=O)c1nc(C(C)(C)C)no1)c1ccc(-c2ccnc3[nH]nc(NC4CCOCC4)c23)cc1. The van der Waals surface area contributed by atoms with E-state index >= 15 is 0 Å². The molecule has 0 aliphatic carbocycles. The van der Waals surface area contributed by atoms with Gasteiger partial charge in [-0.25, -0.2) is 4.98 Å². The van der Waals surface area contributed by atoms with E-state index in [2.05, 4.69) is 36.0 Å². The average molecular weight is 490 g/mol. The number of hydrogen-bond donors (Lipinski definition) is 3. The van der Waals surface area contributed by atoms with E-state index in [-0.39, 0.29) is 17.3 Å². The summed E-state index contributed by atoms with van der Waals surface area (Å²) >= 11 is 0. The number of carbonyl (C=O) groups is 1. The summed E-state index contributed by atoms with van der Waals surface area (Å²) in [6.45, 7) is 9.33. The van der Waals surface area contributed by atoms with E-state index in [1.165, 1.54) is 0 Å². The summed E-state index contributed by atoms with van der Waals surface area (Å²) in [5, 5.41) is 18.9. The van der Waals surface area contributed by atoms with Crippen LogP contribution < -0.4 is 10.6 Å². The number of fused-ring (bicyclic) bond motifs is 1. The van der Waals surface area contributed by atoms with E-state index in [1.807, 2.05) is 58.0 Å². The van der Waals surface area contributed by atoms with Crippen molar-refractivity contribution in [3.05, 3.63) is 53.8 Å². The molecule has 5 rings (SSSR count). The van der Waals surface area contributed by atoms with Crippen molar-refractivity contribution in [1.82, 2.24) is 30.6 Å². The summed E-state index contributed by atoms with van der Waals surface area (Å²) in [6.07, 6.45) is 3.67. The van der Waals surface area contributed by atoms with Gasteiger partial charge in [0.2, 0.25) is 0 Å². The van der Waals surface area contributed by atoms with E-state index in [4.69, 9.17) is 9.26 Å². The van der Waals surface area contributed by atoms with Crippen LogP contribution in [0.25, 0.3) is 22.2 Å². The van der Waals surface area contributed by atoms with Gasteiger partial charge in [-0.1, -0.05) is 50.2 Å². The van der Waals surface area contributed by atoms with Gasteiger partial charge in [-0.05, 0) is 42.5 Å². The third-order valence-electron chi connectivity index (χ3n) is 6.38. The molecule has 4 aromatic rings. The number of aromatic amines is 1. The van der Waals surface area contributed by atoms with Crippen LogP contribution >= 0.6 is 0 Å². The third-order valence-corrected chi connectivity index (χ3v) is 6.38. The molecule has 1 amide bonds. The van der Waals surface area contributed by atoms with Crippen LogP contribution in [-0.2, 0) is 10.2 Å². The standard InChI is InChI=1S/C26H31N7O3/c1-15(28-23(34)24-30-25(33-36-24)26(2,3)4)16-5-7-17(8-6-16)19-9-12-27-21-20(19)22(32-31-21)29-18-10-13-35-14-11-18/h5-9,12,15,18H,10-11,13-14H2,1-4H3,(H,28,34)(H2,27,29,31,32)/t15-/m1/s1. The molecule has 10 nitrogen and oxygen atoms in total. The number of nitrogens with one attached hydrogen (secondary N) is 3. The topological polar surface area (TPSA) is 131 Å². The molecule has 0 bridgehead atoms. The Hall–Kier alpha value is -3.79. The Bertz CT molecular complexity index is 1350. The first kappa shape index (κ1) is 23.9. The first-order valence-electron chi connectivity index (χ1n) is 12.2. The zero-order chi connectivity index (χ0) is 25.3. The van der Waals surface area contributed by atoms with E-state index < -0.39 is 5.91 Å². The highest BCUT2D eigenvalue weighted by atomic mass is 16.5. The fourth-order valence-corrected chi connectivity index (χ4v) is 4.24. The molecular formula is C26H31N7O3. The largest absolute Gasteiger partial charge is 0.381 e. The normalized spacial score (nSPS) is 15.7. The molecule has 188 valence electrons. The Labute approximate surface area is 209 Å². The zero-order valence-electron chi connectivity index (χ0n) is 21.0. The van der Waals surface area contributed by atoms with Gasteiger partial charge in [0.25, 0.3) is 0 Å². The predicted octanol–water partition coefficient (Wildman–Crippen LogP) is 4.39. The van der Waals surface area contributed by atoms with Gasteiger partial charge in [0.05, 0.1) is 11.4 Å². The van der Waals surface area contributed by atoms with Crippen molar-refractivity contribution in [2.75, 3.05) is 18.5 Å². The van der Waals surface area contributed by atoms with Crippen LogP contribution in [0.2, 0.25) is 0 Å². The monoisotopic (exact) mass is 489 g/mol. The van der Waals surface area contributed by atoms with E-state index in [0.717, 1.165) is 59.6 Å². The van der Waals surface area contributed by atoms with Crippen molar-refractivity contribution < 1.29 is 14.1 Å². The van der Waals surface area contributed by atoms with Crippen LogP contribution in [0, 0.1) is 0 Å². The van der Waals surface area contributed by atoms with Crippen LogP contribution in [-0.4, -0.2) is 50.5 Å². The Balaban J connectivity index is 1.33. The first-order chi connectivity index (χ1) is 17.3. The minimum absolute atomic E-state index is 0.0351. The van der Waals surface area contributed by atoms with Gasteiger partial charge in [0, 0.05) is 30.9 Å². The first-order valence-corrected chi connectivity index (χ1v) is 12.2. The molecule has 1 aliphatic rings. The maximum atomic E-state index is 12.6. The molecule has 3 N–H and O–H groups in total. The average Bonchev–Trinajstić information content (AvgIpc) is 3.53. The number of pyridine rings is 1. The van der Waals surface area contributed by atoms with Crippen molar-refractivity contribution >= 4 is 22.8 Å². The zero-order valence-corrected chi connectivity index (χ0v) is 21.0. The maximum Gasteiger partial charge on any atom is 0.315 e. The Kier molecular flexibility index (Phi) is 6.44. The van der Waals surface area contributed by atoms with Gasteiger partial charge >= 0.3 is 11.8 Å². The second kappa shape index (κ2) is 9.69. The van der Waals surface area contributed by atoms with Crippen molar-refractivity contribution in [1.29, 1.82) is 0 Å². The van der Waals surface area contributed by atoms with Crippen LogP contribution in [0.15, 0.2) is 41.1 Å². The van der Waals surface area contributed by atoms with Gasteiger partial charge in [-0.15, -0.1) is 0 Å². The molecule has 3 aromatic heterocycles. The minimum atomic E-state index is -0.396. The lowest BCUT2D eigenvalue weighted by molar-refractivity contribution is 0.0894. The highest BCUT2D eigenvalue weighted by molar-refractivity contribution is 6.00. The molecule has 1 atom stereocenters. The molecule has 1 fully saturated rings. The lowest BCUT2D eigenvalue weighted by atomic mass is 9.96. The smallest absolute Gasteiger partial charge is 0.315 e. The number of ether oxygens (including phenoxy) is 1. The number of amides is 1. The minimum Gasteiger partial charge on any atom is -0.381 e. The van der Waals surface area contributed by atoms with Crippen molar-refractivity contribution in [3.63, 3.8) is 0 Å². The lowest BCUT2D eigenvalue weighted by Crippen LogP contribution is -2.28. The highest BCUT2D eigenvalue weighted by Gasteiger charge is 2.25. The summed E-state index contributed by atoms with van der Waals surface area (Å²) in [5.74, 6) is 0.872. The van der Waals surface area contributed by atoms with Gasteiger partial charge in [0.1, 0.15) is 0 Å². The Morgan fingerprint density at radius 1 is 1.14 bits per heavy atom. The van der Waals surface area contributed by atoms with E-state index in [9.17, 15) is 4.79 Å². The summed E-state index contributed by atoms with van der Waals surface area (Å²) in [5.41, 5.74) is 3.47. The molecule has 1 saturated heterocycles. The lowest BCUT2D eigenvalue weighted by Gasteiger charge is -2.23. The van der Waals surface area contributed by atoms with Crippen molar-refractivity contribution in [3.8, 4) is 11.1 Å². The van der Waals surface area contributed by atoms with Crippen LogP contribution in [0.5, 0.6) is 0 Å². The quantitative estimate of drug-likeness (QED) is 0.363. The highest BCUT2D eigenvalue weighted by Crippen LogP contribution is 2.33. The Morgan fingerprint density at radius 3 is 2.58 bits per heavy atom. The van der Waals surface area contributed by atoms with Crippen LogP contribution in [0.3, 0.4) is 0 Å².